The number of benzene rings is 2. The minimum Gasteiger partial charge on any atom is -0.465 e. The molecule has 1 saturated heterocycles. The molecule has 1 fully saturated rings. The summed E-state index contributed by atoms with van der Waals surface area (Å²) in [5.74, 6) is -0.489. The molecule has 1 aliphatic rings. The summed E-state index contributed by atoms with van der Waals surface area (Å²) in [6.45, 7) is 4.91. The molecule has 6 nitrogen and oxygen atoms in total. The lowest BCUT2D eigenvalue weighted by Crippen LogP contribution is -2.30. The number of rotatable bonds is 7. The van der Waals surface area contributed by atoms with Crippen LogP contribution in [-0.2, 0) is 27.8 Å². The van der Waals surface area contributed by atoms with Crippen LogP contribution in [0, 0.1) is 6.92 Å². The van der Waals surface area contributed by atoms with Gasteiger partial charge >= 0.3 is 5.97 Å². The number of hydrogen-bond acceptors (Lipinski definition) is 5. The summed E-state index contributed by atoms with van der Waals surface area (Å²) in [5.41, 5.74) is 2.96. The lowest BCUT2D eigenvalue weighted by molar-refractivity contribution is 0.0600. The normalized spacial score (nSPS) is 15.2. The van der Waals surface area contributed by atoms with Gasteiger partial charge in [0.15, 0.2) is 0 Å². The zero-order valence-electron chi connectivity index (χ0n) is 17.0. The molecule has 2 aromatic rings. The van der Waals surface area contributed by atoms with Crippen LogP contribution in [-0.4, -0.2) is 39.5 Å². The Morgan fingerprint density at radius 2 is 1.76 bits per heavy atom. The Hall–Kier alpha value is -2.22. The molecule has 1 N–H and O–H groups in total. The van der Waals surface area contributed by atoms with E-state index in [9.17, 15) is 13.2 Å². The van der Waals surface area contributed by atoms with Gasteiger partial charge in [0.1, 0.15) is 0 Å². The zero-order valence-corrected chi connectivity index (χ0v) is 17.8. The molecule has 1 heterocycles. The fourth-order valence-corrected chi connectivity index (χ4v) is 4.92. The number of ether oxygens (including phenoxy) is 1. The number of likely N-dealkylation sites (tertiary alicyclic amines) is 1. The van der Waals surface area contributed by atoms with Crippen LogP contribution in [0.25, 0.3) is 0 Å². The highest BCUT2D eigenvalue weighted by Crippen LogP contribution is 2.20. The van der Waals surface area contributed by atoms with E-state index in [4.69, 9.17) is 0 Å². The van der Waals surface area contributed by atoms with Crippen molar-refractivity contribution < 1.29 is 17.9 Å². The summed E-state index contributed by atoms with van der Waals surface area (Å²) in [6, 6.07) is 12.4. The van der Waals surface area contributed by atoms with Crippen molar-refractivity contribution in [3.05, 3.63) is 64.7 Å². The predicted molar refractivity (Wildman–Crippen MR) is 112 cm³/mol. The fraction of sp³-hybridized carbons (Fsp3) is 0.409. The second kappa shape index (κ2) is 9.52. The lowest BCUT2D eigenvalue weighted by atomic mass is 10.1. The van der Waals surface area contributed by atoms with E-state index in [-0.39, 0.29) is 11.4 Å². The van der Waals surface area contributed by atoms with E-state index in [1.165, 1.54) is 44.6 Å². The Balaban J connectivity index is 1.73. The number of esters is 1. The molecule has 0 aromatic heterocycles. The smallest absolute Gasteiger partial charge is 0.337 e. The van der Waals surface area contributed by atoms with Crippen LogP contribution >= 0.6 is 0 Å². The van der Waals surface area contributed by atoms with Crippen LogP contribution in [0.1, 0.15) is 46.3 Å². The molecule has 3 rings (SSSR count). The van der Waals surface area contributed by atoms with Crippen molar-refractivity contribution in [2.24, 2.45) is 0 Å². The molecule has 0 aliphatic carbocycles. The van der Waals surface area contributed by atoms with Crippen LogP contribution in [0.3, 0.4) is 0 Å². The van der Waals surface area contributed by atoms with E-state index in [0.717, 1.165) is 30.8 Å². The number of nitrogens with one attached hydrogen (secondary N) is 1. The molecule has 0 saturated carbocycles. The highest BCUT2D eigenvalue weighted by atomic mass is 32.2. The third kappa shape index (κ3) is 5.44. The number of carbonyl (C=O) groups is 1. The Morgan fingerprint density at radius 1 is 1.07 bits per heavy atom. The Labute approximate surface area is 172 Å². The lowest BCUT2D eigenvalue weighted by Gasteiger charge is -2.27. The first kappa shape index (κ1) is 21.5. The van der Waals surface area contributed by atoms with E-state index < -0.39 is 16.0 Å². The van der Waals surface area contributed by atoms with E-state index in [1.54, 1.807) is 6.92 Å². The number of aryl methyl sites for hydroxylation is 1. The van der Waals surface area contributed by atoms with Gasteiger partial charge in [0.2, 0.25) is 10.0 Å². The van der Waals surface area contributed by atoms with Crippen molar-refractivity contribution in [2.75, 3.05) is 20.2 Å². The van der Waals surface area contributed by atoms with Gasteiger partial charge in [-0.2, -0.15) is 0 Å². The number of methoxy groups -OCH3 is 1. The molecule has 2 aromatic carbocycles. The SMILES string of the molecule is COC(=O)c1ccc(S(=O)(=O)NCc2ccccc2CN2CCCCC2)c(C)c1. The fourth-order valence-electron chi connectivity index (χ4n) is 3.69. The Morgan fingerprint density at radius 3 is 2.41 bits per heavy atom. The quantitative estimate of drug-likeness (QED) is 0.702. The van der Waals surface area contributed by atoms with Crippen LogP contribution in [0.5, 0.6) is 0 Å². The predicted octanol–water partition coefficient (Wildman–Crippen LogP) is 3.25. The second-order valence-electron chi connectivity index (χ2n) is 7.40. The molecule has 1 aliphatic heterocycles. The number of piperidine rings is 1. The zero-order chi connectivity index (χ0) is 20.9. The highest BCUT2D eigenvalue weighted by Gasteiger charge is 2.19. The van der Waals surface area contributed by atoms with Gasteiger partial charge in [0.05, 0.1) is 17.6 Å². The van der Waals surface area contributed by atoms with E-state index >= 15 is 0 Å². The minimum atomic E-state index is -3.70. The molecule has 0 bridgehead atoms. The third-order valence-corrected chi connectivity index (χ3v) is 6.86. The van der Waals surface area contributed by atoms with Crippen molar-refractivity contribution >= 4 is 16.0 Å². The first-order chi connectivity index (χ1) is 13.9. The first-order valence-electron chi connectivity index (χ1n) is 9.88. The van der Waals surface area contributed by atoms with Crippen LogP contribution in [0.4, 0.5) is 0 Å². The molecule has 0 amide bonds. The first-order valence-corrected chi connectivity index (χ1v) is 11.4. The summed E-state index contributed by atoms with van der Waals surface area (Å²) < 4.78 is 33.1. The molecular weight excluding hydrogens is 388 g/mol. The number of nitrogens with zero attached hydrogens (tertiary/aromatic N) is 1. The maximum absolute atomic E-state index is 12.8. The average Bonchev–Trinajstić information content (AvgIpc) is 2.73. The second-order valence-corrected chi connectivity index (χ2v) is 9.14. The number of sulfonamides is 1. The van der Waals surface area contributed by atoms with Gasteiger partial charge in [-0.3, -0.25) is 4.90 Å². The summed E-state index contributed by atoms with van der Waals surface area (Å²) >= 11 is 0. The van der Waals surface area contributed by atoms with Gasteiger partial charge in [0, 0.05) is 13.1 Å². The van der Waals surface area contributed by atoms with Gasteiger partial charge in [-0.25, -0.2) is 17.9 Å². The van der Waals surface area contributed by atoms with Gasteiger partial charge in [0.25, 0.3) is 0 Å². The molecular formula is C22H28N2O4S. The number of hydrogen-bond donors (Lipinski definition) is 1. The van der Waals surface area contributed by atoms with Gasteiger partial charge in [-0.05, 0) is 67.7 Å². The average molecular weight is 417 g/mol. The summed E-state index contributed by atoms with van der Waals surface area (Å²) in [7, 11) is -2.41. The highest BCUT2D eigenvalue weighted by molar-refractivity contribution is 7.89. The molecule has 156 valence electrons. The van der Waals surface area contributed by atoms with Crippen molar-refractivity contribution in [2.45, 2.75) is 44.2 Å². The molecule has 0 atom stereocenters. The standard InChI is InChI=1S/C22H28N2O4S/c1-17-14-18(22(25)28-2)10-11-21(17)29(26,27)23-15-19-8-4-5-9-20(19)16-24-12-6-3-7-13-24/h4-5,8-11,14,23H,3,6-7,12-13,15-16H2,1-2H3. The van der Waals surface area contributed by atoms with Crippen LogP contribution in [0.15, 0.2) is 47.4 Å². The van der Waals surface area contributed by atoms with Crippen LogP contribution in [0.2, 0.25) is 0 Å². The summed E-state index contributed by atoms with van der Waals surface area (Å²) in [5, 5.41) is 0. The minimum absolute atomic E-state index is 0.165. The van der Waals surface area contributed by atoms with Crippen molar-refractivity contribution in [3.8, 4) is 0 Å². The van der Waals surface area contributed by atoms with E-state index in [0.29, 0.717) is 11.1 Å². The van der Waals surface area contributed by atoms with Crippen molar-refractivity contribution in [3.63, 3.8) is 0 Å². The topological polar surface area (TPSA) is 75.7 Å². The van der Waals surface area contributed by atoms with Crippen molar-refractivity contribution in [1.29, 1.82) is 0 Å². The van der Waals surface area contributed by atoms with Crippen LogP contribution < -0.4 is 4.72 Å². The van der Waals surface area contributed by atoms with Gasteiger partial charge < -0.3 is 4.74 Å². The maximum Gasteiger partial charge on any atom is 0.337 e. The number of carbonyl (C=O) groups excluding carboxylic acids is 1. The van der Waals surface area contributed by atoms with Crippen molar-refractivity contribution in [1.82, 2.24) is 9.62 Å². The Bertz CT molecular complexity index is 967. The largest absolute Gasteiger partial charge is 0.465 e. The third-order valence-electron chi connectivity index (χ3n) is 5.30. The molecule has 7 heteroatoms. The molecule has 0 spiro atoms. The Kier molecular flexibility index (Phi) is 7.05. The van der Waals surface area contributed by atoms with Gasteiger partial charge in [-0.15, -0.1) is 0 Å². The van der Waals surface area contributed by atoms with Gasteiger partial charge in [-0.1, -0.05) is 30.7 Å². The summed E-state index contributed by atoms with van der Waals surface area (Å²) in [4.78, 5) is 14.2. The molecule has 0 unspecified atom stereocenters. The van der Waals surface area contributed by atoms with E-state index in [1.807, 2.05) is 18.2 Å². The maximum atomic E-state index is 12.8. The molecule has 0 radical (unpaired) electrons. The monoisotopic (exact) mass is 416 g/mol. The van der Waals surface area contributed by atoms with E-state index in [2.05, 4.69) is 20.4 Å². The summed E-state index contributed by atoms with van der Waals surface area (Å²) in [6.07, 6.45) is 3.72. The molecule has 29 heavy (non-hydrogen) atoms.